The molecule has 0 aromatic heterocycles. The van der Waals surface area contributed by atoms with Crippen molar-refractivity contribution in [2.45, 2.75) is 30.7 Å². The van der Waals surface area contributed by atoms with Gasteiger partial charge >= 0.3 is 0 Å². The topological polar surface area (TPSA) is 9.23 Å². The summed E-state index contributed by atoms with van der Waals surface area (Å²) in [5.41, 5.74) is 0.864. The van der Waals surface area contributed by atoms with E-state index < -0.39 is 0 Å². The summed E-state index contributed by atoms with van der Waals surface area (Å²) in [5.74, 6) is 0. The Bertz CT molecular complexity index is 361. The van der Waals surface area contributed by atoms with E-state index in [0.29, 0.717) is 10.0 Å². The molecule has 0 radical (unpaired) electrons. The van der Waals surface area contributed by atoms with Crippen molar-refractivity contribution in [2.24, 2.45) is 0 Å². The molecule has 1 aliphatic heterocycles. The van der Waals surface area contributed by atoms with E-state index in [1.165, 1.54) is 0 Å². The predicted octanol–water partition coefficient (Wildman–Crippen LogP) is 4.84. The summed E-state index contributed by atoms with van der Waals surface area (Å²) in [4.78, 5) is 0. The van der Waals surface area contributed by atoms with E-state index in [0.717, 1.165) is 31.4 Å². The Morgan fingerprint density at radius 3 is 2.75 bits per heavy atom. The minimum absolute atomic E-state index is 0.0476. The Kier molecular flexibility index (Phi) is 4.37. The van der Waals surface area contributed by atoms with Crippen LogP contribution in [0.2, 0.25) is 10.0 Å². The molecule has 0 bridgehead atoms. The zero-order valence-corrected chi connectivity index (χ0v) is 11.0. The van der Waals surface area contributed by atoms with Crippen LogP contribution in [0.1, 0.15) is 30.2 Å². The van der Waals surface area contributed by atoms with Crippen LogP contribution in [0.3, 0.4) is 0 Å². The maximum Gasteiger partial charge on any atom is 0.0862 e. The van der Waals surface area contributed by atoms with Crippen LogP contribution < -0.4 is 0 Å². The molecule has 0 spiro atoms. The molecule has 4 heteroatoms. The maximum absolute atomic E-state index is 6.39. The fraction of sp³-hybridized carbons (Fsp3) is 0.500. The number of hydrogen-bond acceptors (Lipinski definition) is 1. The quantitative estimate of drug-likeness (QED) is 0.704. The van der Waals surface area contributed by atoms with Crippen LogP contribution in [-0.4, -0.2) is 12.7 Å². The summed E-state index contributed by atoms with van der Waals surface area (Å²) < 4.78 is 5.66. The molecule has 1 aromatic carbocycles. The number of rotatable bonds is 2. The molecule has 2 rings (SSSR count). The smallest absolute Gasteiger partial charge is 0.0862 e. The third-order valence-corrected chi connectivity index (χ3v) is 3.89. The molecule has 1 aromatic rings. The lowest BCUT2D eigenvalue weighted by Crippen LogP contribution is -2.23. The van der Waals surface area contributed by atoms with E-state index >= 15 is 0 Å². The van der Waals surface area contributed by atoms with Gasteiger partial charge in [-0.2, -0.15) is 0 Å². The van der Waals surface area contributed by atoms with Crippen molar-refractivity contribution in [3.05, 3.63) is 33.8 Å². The van der Waals surface area contributed by atoms with Gasteiger partial charge in [-0.15, -0.1) is 11.6 Å². The van der Waals surface area contributed by atoms with E-state index in [-0.39, 0.29) is 11.5 Å². The van der Waals surface area contributed by atoms with Crippen LogP contribution in [0.15, 0.2) is 18.2 Å². The first-order valence-corrected chi connectivity index (χ1v) is 6.58. The highest BCUT2D eigenvalue weighted by Crippen LogP contribution is 2.36. The minimum atomic E-state index is -0.216. The molecule has 88 valence electrons. The molecule has 0 saturated carbocycles. The molecular formula is C12H13Cl3O. The van der Waals surface area contributed by atoms with Crippen molar-refractivity contribution < 1.29 is 4.74 Å². The fourth-order valence-electron chi connectivity index (χ4n) is 1.92. The van der Waals surface area contributed by atoms with Gasteiger partial charge in [0.1, 0.15) is 0 Å². The minimum Gasteiger partial charge on any atom is -0.376 e. The monoisotopic (exact) mass is 278 g/mol. The third kappa shape index (κ3) is 2.84. The van der Waals surface area contributed by atoms with E-state index in [2.05, 4.69) is 0 Å². The van der Waals surface area contributed by atoms with Crippen LogP contribution in [-0.2, 0) is 4.74 Å². The fourth-order valence-corrected chi connectivity index (χ4v) is 2.77. The van der Waals surface area contributed by atoms with Crippen LogP contribution >= 0.6 is 34.8 Å². The summed E-state index contributed by atoms with van der Waals surface area (Å²) in [5, 5.41) is 1.09. The zero-order valence-electron chi connectivity index (χ0n) is 8.76. The van der Waals surface area contributed by atoms with Gasteiger partial charge in [0.25, 0.3) is 0 Å². The average molecular weight is 280 g/mol. The second-order valence-corrected chi connectivity index (χ2v) is 5.29. The number of ether oxygens (including phenoxy) is 1. The van der Waals surface area contributed by atoms with Gasteiger partial charge in [0.2, 0.25) is 0 Å². The average Bonchev–Trinajstić information content (AvgIpc) is 2.32. The molecule has 0 N–H and O–H groups in total. The van der Waals surface area contributed by atoms with Crippen LogP contribution in [0, 0.1) is 0 Å². The molecule has 1 heterocycles. The molecular weight excluding hydrogens is 266 g/mol. The zero-order chi connectivity index (χ0) is 11.5. The van der Waals surface area contributed by atoms with E-state index in [9.17, 15) is 0 Å². The van der Waals surface area contributed by atoms with Gasteiger partial charge in [-0.25, -0.2) is 0 Å². The van der Waals surface area contributed by atoms with Crippen molar-refractivity contribution >= 4 is 34.8 Å². The summed E-state index contributed by atoms with van der Waals surface area (Å²) in [6, 6.07) is 5.36. The van der Waals surface area contributed by atoms with Gasteiger partial charge in [-0.05, 0) is 43.0 Å². The van der Waals surface area contributed by atoms with Gasteiger partial charge in [-0.3, -0.25) is 0 Å². The lowest BCUT2D eigenvalue weighted by Gasteiger charge is -2.27. The largest absolute Gasteiger partial charge is 0.376 e. The first kappa shape index (κ1) is 12.5. The van der Waals surface area contributed by atoms with Crippen molar-refractivity contribution in [1.82, 2.24) is 0 Å². The lowest BCUT2D eigenvalue weighted by molar-refractivity contribution is 0.0136. The molecule has 0 amide bonds. The molecule has 0 aliphatic carbocycles. The van der Waals surface area contributed by atoms with Gasteiger partial charge < -0.3 is 4.74 Å². The summed E-state index contributed by atoms with van der Waals surface area (Å²) in [6.45, 7) is 0.784. The number of halogens is 3. The summed E-state index contributed by atoms with van der Waals surface area (Å²) >= 11 is 18.4. The molecule has 1 aliphatic rings. The Balaban J connectivity index is 2.18. The standard InChI is InChI=1S/C12H13Cl3O/c13-8-4-5-10(14)9(7-8)12(15)11-3-1-2-6-16-11/h4-5,7,11-12H,1-3,6H2. The Hall–Kier alpha value is 0.0500. The lowest BCUT2D eigenvalue weighted by atomic mass is 10.0. The summed E-state index contributed by atoms with van der Waals surface area (Å²) in [6.07, 6.45) is 3.30. The molecule has 1 saturated heterocycles. The maximum atomic E-state index is 6.39. The molecule has 1 fully saturated rings. The Labute approximate surface area is 111 Å². The number of benzene rings is 1. The SMILES string of the molecule is Clc1ccc(Cl)c(C(Cl)C2CCCCO2)c1. The highest BCUT2D eigenvalue weighted by atomic mass is 35.5. The Morgan fingerprint density at radius 1 is 1.25 bits per heavy atom. The normalized spacial score (nSPS) is 23.1. The van der Waals surface area contributed by atoms with Gasteiger partial charge in [-0.1, -0.05) is 23.2 Å². The van der Waals surface area contributed by atoms with Crippen molar-refractivity contribution in [3.63, 3.8) is 0 Å². The van der Waals surface area contributed by atoms with Crippen molar-refractivity contribution in [2.75, 3.05) is 6.61 Å². The number of hydrogen-bond donors (Lipinski definition) is 0. The van der Waals surface area contributed by atoms with Gasteiger partial charge in [0.05, 0.1) is 11.5 Å². The van der Waals surface area contributed by atoms with Crippen molar-refractivity contribution in [3.8, 4) is 0 Å². The second kappa shape index (κ2) is 5.59. The summed E-state index contributed by atoms with van der Waals surface area (Å²) in [7, 11) is 0. The van der Waals surface area contributed by atoms with E-state index in [1.54, 1.807) is 12.1 Å². The Morgan fingerprint density at radius 2 is 2.06 bits per heavy atom. The third-order valence-electron chi connectivity index (χ3n) is 2.80. The van der Waals surface area contributed by atoms with Crippen molar-refractivity contribution in [1.29, 1.82) is 0 Å². The van der Waals surface area contributed by atoms with E-state index in [4.69, 9.17) is 39.5 Å². The van der Waals surface area contributed by atoms with Crippen LogP contribution in [0.5, 0.6) is 0 Å². The molecule has 2 atom stereocenters. The predicted molar refractivity (Wildman–Crippen MR) is 68.6 cm³/mol. The highest BCUT2D eigenvalue weighted by Gasteiger charge is 2.25. The highest BCUT2D eigenvalue weighted by molar-refractivity contribution is 6.34. The molecule has 2 unspecified atom stereocenters. The second-order valence-electron chi connectivity index (χ2n) is 3.97. The van der Waals surface area contributed by atoms with Crippen LogP contribution in [0.25, 0.3) is 0 Å². The van der Waals surface area contributed by atoms with Gasteiger partial charge in [0, 0.05) is 16.7 Å². The van der Waals surface area contributed by atoms with E-state index in [1.807, 2.05) is 6.07 Å². The molecule has 1 nitrogen and oxygen atoms in total. The first-order valence-electron chi connectivity index (χ1n) is 5.39. The van der Waals surface area contributed by atoms with Gasteiger partial charge in [0.15, 0.2) is 0 Å². The number of alkyl halides is 1. The first-order chi connectivity index (χ1) is 7.68. The van der Waals surface area contributed by atoms with Crippen LogP contribution in [0.4, 0.5) is 0 Å². The molecule has 16 heavy (non-hydrogen) atoms.